The number of fused-ring (bicyclic) bond motifs is 1. The number of carboxylic acid groups (broad SMARTS) is 1. The Morgan fingerprint density at radius 2 is 2.10 bits per heavy atom. The summed E-state index contributed by atoms with van der Waals surface area (Å²) >= 11 is 1.35. The number of aliphatic hydroxyl groups is 2. The maximum absolute atomic E-state index is 13.2. The number of tetrazole rings is 1. The van der Waals surface area contributed by atoms with Gasteiger partial charge in [0.2, 0.25) is 17.7 Å². The number of nitrogens with two attached hydrogens (primary N) is 1. The van der Waals surface area contributed by atoms with Crippen molar-refractivity contribution in [3.05, 3.63) is 16.9 Å². The number of aliphatic hydroxyl groups excluding tert-OH is 2. The highest BCUT2D eigenvalue weighted by Crippen LogP contribution is 2.51. The molecule has 5 rings (SSSR count). The van der Waals surface area contributed by atoms with Gasteiger partial charge >= 0.3 is 5.97 Å². The van der Waals surface area contributed by atoms with Crippen molar-refractivity contribution in [1.82, 2.24) is 40.6 Å². The number of hydrogen-bond donors (Lipinski definition) is 6. The molecule has 9 atom stereocenters. The molecule has 4 aliphatic rings. The summed E-state index contributed by atoms with van der Waals surface area (Å²) in [7, 11) is 0. The van der Waals surface area contributed by atoms with Gasteiger partial charge in [0.05, 0.1) is 42.8 Å². The molecule has 0 saturated carbocycles. The fraction of sp³-hybridized carbons (Fsp3) is 0.696. The van der Waals surface area contributed by atoms with Crippen LogP contribution in [0.3, 0.4) is 0 Å². The lowest BCUT2D eigenvalue weighted by Crippen LogP contribution is -2.66. The van der Waals surface area contributed by atoms with Crippen molar-refractivity contribution in [2.75, 3.05) is 19.7 Å². The Hall–Kier alpha value is -3.12. The number of amides is 3. The van der Waals surface area contributed by atoms with Gasteiger partial charge in [0.25, 0.3) is 0 Å². The summed E-state index contributed by atoms with van der Waals surface area (Å²) in [5.41, 5.74) is 5.88. The number of nitrogens with one attached hydrogen (secondary N) is 2. The molecule has 4 aliphatic heterocycles. The second-order valence-corrected chi connectivity index (χ2v) is 12.1. The number of thioether (sulfide) groups is 1. The lowest BCUT2D eigenvalue weighted by Gasteiger charge is -2.47. The Bertz CT molecular complexity index is 1210. The number of β-amino-alcohol motifs (C(OH)–C–C–N with tert-alkyl or cyclic N) is 1. The number of nitrogens with zero attached hydrogens (tertiary/aromatic N) is 6. The Morgan fingerprint density at radius 3 is 2.75 bits per heavy atom. The van der Waals surface area contributed by atoms with Gasteiger partial charge in [0, 0.05) is 35.2 Å². The van der Waals surface area contributed by atoms with Crippen LogP contribution in [0.5, 0.6) is 0 Å². The Morgan fingerprint density at radius 1 is 1.35 bits per heavy atom. The number of β-lactam (4-membered cyclic amide) rings is 1. The fourth-order valence-corrected chi connectivity index (χ4v) is 7.72. The lowest BCUT2D eigenvalue weighted by atomic mass is 9.78. The molecule has 7 N–H and O–H groups in total. The van der Waals surface area contributed by atoms with Crippen molar-refractivity contribution in [1.29, 1.82) is 0 Å². The predicted molar refractivity (Wildman–Crippen MR) is 138 cm³/mol. The second-order valence-electron chi connectivity index (χ2n) is 10.7. The van der Waals surface area contributed by atoms with E-state index >= 15 is 0 Å². The van der Waals surface area contributed by atoms with Gasteiger partial charge in [-0.3, -0.25) is 14.4 Å². The number of carboxylic acids is 1. The van der Waals surface area contributed by atoms with Crippen LogP contribution in [-0.2, 0) is 25.7 Å². The van der Waals surface area contributed by atoms with Gasteiger partial charge in [0.1, 0.15) is 18.6 Å². The molecule has 16 nitrogen and oxygen atoms in total. The third-order valence-electron chi connectivity index (χ3n) is 8.24. The first kappa shape index (κ1) is 28.4. The molecule has 0 bridgehead atoms. The van der Waals surface area contributed by atoms with Gasteiger partial charge in [-0.15, -0.1) is 16.9 Å². The van der Waals surface area contributed by atoms with Crippen molar-refractivity contribution in [2.45, 2.75) is 68.4 Å². The number of carbonyl (C=O) groups excluding carboxylic acids is 3. The smallest absolute Gasteiger partial charge is 0.353 e. The quantitative estimate of drug-likeness (QED) is 0.155. The Kier molecular flexibility index (Phi) is 7.84. The van der Waals surface area contributed by atoms with E-state index < -0.39 is 48.2 Å². The number of aliphatic carboxylic acids is 1. The normalized spacial score (nSPS) is 34.2. The molecule has 40 heavy (non-hydrogen) atoms. The first-order chi connectivity index (χ1) is 19.0. The molecular weight excluding hydrogens is 546 g/mol. The van der Waals surface area contributed by atoms with Crippen LogP contribution in [0.1, 0.15) is 20.3 Å². The van der Waals surface area contributed by atoms with Gasteiger partial charge in [-0.05, 0) is 23.8 Å². The topological polar surface area (TPSA) is 229 Å². The zero-order chi connectivity index (χ0) is 28.9. The van der Waals surface area contributed by atoms with E-state index in [0.717, 1.165) is 0 Å². The van der Waals surface area contributed by atoms with Gasteiger partial charge in [-0.2, -0.15) is 0 Å². The van der Waals surface area contributed by atoms with Gasteiger partial charge in [-0.25, -0.2) is 9.48 Å². The van der Waals surface area contributed by atoms with Crippen LogP contribution in [0.4, 0.5) is 0 Å². The van der Waals surface area contributed by atoms with E-state index in [4.69, 9.17) is 5.73 Å². The molecule has 1 aromatic rings. The van der Waals surface area contributed by atoms with Crippen LogP contribution in [0.25, 0.3) is 0 Å². The summed E-state index contributed by atoms with van der Waals surface area (Å²) in [6, 6.07) is -2.94. The van der Waals surface area contributed by atoms with Crippen molar-refractivity contribution < 1.29 is 34.5 Å². The zero-order valence-electron chi connectivity index (χ0n) is 22.0. The average molecular weight is 580 g/mol. The van der Waals surface area contributed by atoms with E-state index in [1.54, 1.807) is 6.92 Å². The number of aromatic nitrogens is 4. The largest absolute Gasteiger partial charge is 0.477 e. The van der Waals surface area contributed by atoms with E-state index in [2.05, 4.69) is 26.2 Å². The molecule has 0 spiro atoms. The predicted octanol–water partition coefficient (Wildman–Crippen LogP) is -3.69. The third-order valence-corrected chi connectivity index (χ3v) is 9.75. The van der Waals surface area contributed by atoms with Gasteiger partial charge in [-0.1, -0.05) is 6.92 Å². The summed E-state index contributed by atoms with van der Waals surface area (Å²) in [5, 5.41) is 46.2. The van der Waals surface area contributed by atoms with E-state index in [0.29, 0.717) is 17.9 Å². The highest BCUT2D eigenvalue weighted by Gasteiger charge is 2.60. The summed E-state index contributed by atoms with van der Waals surface area (Å²) in [6.45, 7) is 3.59. The summed E-state index contributed by atoms with van der Waals surface area (Å²) in [5.74, 6) is -3.11. The van der Waals surface area contributed by atoms with Crippen LogP contribution >= 0.6 is 11.8 Å². The van der Waals surface area contributed by atoms with E-state index in [1.807, 2.05) is 6.92 Å². The Labute approximate surface area is 233 Å². The minimum Gasteiger partial charge on any atom is -0.477 e. The van der Waals surface area contributed by atoms with Crippen molar-refractivity contribution in [3.8, 4) is 0 Å². The molecule has 3 fully saturated rings. The van der Waals surface area contributed by atoms with E-state index in [-0.39, 0.29) is 54.3 Å². The monoisotopic (exact) mass is 579 g/mol. The molecule has 1 aromatic heterocycles. The minimum atomic E-state index is -1.21. The molecule has 0 radical (unpaired) electrons. The van der Waals surface area contributed by atoms with Crippen LogP contribution in [0.15, 0.2) is 16.9 Å². The number of hydrogen-bond acceptors (Lipinski definition) is 12. The first-order valence-corrected chi connectivity index (χ1v) is 14.0. The Balaban J connectivity index is 1.24. The summed E-state index contributed by atoms with van der Waals surface area (Å²) < 4.78 is 1.26. The summed E-state index contributed by atoms with van der Waals surface area (Å²) in [6.07, 6.45) is 0.784. The molecular formula is C23H33N9O7S. The van der Waals surface area contributed by atoms with Crippen molar-refractivity contribution in [3.63, 3.8) is 0 Å². The lowest BCUT2D eigenvalue weighted by molar-refractivity contribution is -0.158. The maximum atomic E-state index is 13.2. The molecule has 3 amide bonds. The molecule has 3 saturated heterocycles. The molecule has 0 aliphatic carbocycles. The first-order valence-electron chi connectivity index (χ1n) is 13.1. The highest BCUT2D eigenvalue weighted by molar-refractivity contribution is 8.03. The van der Waals surface area contributed by atoms with Crippen LogP contribution in [-0.4, -0.2) is 130 Å². The number of likely N-dealkylation sites (tertiary alicyclic amines) is 1. The molecule has 0 unspecified atom stereocenters. The number of carbonyl (C=O) groups is 4. The average Bonchev–Trinajstić information content (AvgIpc) is 3.67. The van der Waals surface area contributed by atoms with Crippen molar-refractivity contribution in [2.24, 2.45) is 17.6 Å². The summed E-state index contributed by atoms with van der Waals surface area (Å²) in [4.78, 5) is 54.3. The van der Waals surface area contributed by atoms with Gasteiger partial charge < -0.3 is 41.5 Å². The molecule has 0 aromatic carbocycles. The van der Waals surface area contributed by atoms with Crippen LogP contribution < -0.4 is 16.4 Å². The molecule has 17 heteroatoms. The van der Waals surface area contributed by atoms with Crippen molar-refractivity contribution >= 4 is 35.5 Å². The standard InChI is InChI=1S/C23H33N9O7S/c1-9-18-16(10(2)27-15(35)6-30-8-26-28-29-30)22(37)32(18)19(23(38)39)20(9)40-11-3-12(25-4-11)21(36)31-5-14(34)17(24)13(31)7-33/h8-14,16-18,25,33-34H,3-7,24H2,1-2H3,(H,27,35)(H,38,39)/t9-,10-,11+,12+,13-,14-,16-,17-,18-/m1/s1. The van der Waals surface area contributed by atoms with E-state index in [9.17, 15) is 34.5 Å². The number of rotatable bonds is 9. The van der Waals surface area contributed by atoms with Crippen LogP contribution in [0, 0.1) is 11.8 Å². The van der Waals surface area contributed by atoms with E-state index in [1.165, 1.54) is 32.6 Å². The second kappa shape index (κ2) is 11.0. The minimum absolute atomic E-state index is 0.0388. The molecule has 5 heterocycles. The fourth-order valence-electron chi connectivity index (χ4n) is 6.24. The SMILES string of the molecule is C[C@@H](NC(=O)Cn1cnnn1)[C@H]1C(=O)N2C(C(=O)O)=C(S[C@@H]3CN[C@H](C(=O)N4C[C@@H](O)[C@H](N)[C@H]4CO)C3)[C@H](C)[C@H]12. The zero-order valence-corrected chi connectivity index (χ0v) is 22.8. The highest BCUT2D eigenvalue weighted by atomic mass is 32.2. The van der Waals surface area contributed by atoms with Crippen LogP contribution in [0.2, 0.25) is 0 Å². The third kappa shape index (κ3) is 4.85. The maximum Gasteiger partial charge on any atom is 0.353 e. The molecule has 218 valence electrons. The van der Waals surface area contributed by atoms with Gasteiger partial charge in [0.15, 0.2) is 0 Å².